The predicted octanol–water partition coefficient (Wildman–Crippen LogP) is 3.39. The average molecular weight is 447 g/mol. The normalized spacial score (nSPS) is 15.7. The lowest BCUT2D eigenvalue weighted by atomic mass is 10.2. The number of thioether (sulfide) groups is 1. The van der Waals surface area contributed by atoms with Crippen LogP contribution >= 0.6 is 24.0 Å². The Morgan fingerprint density at radius 3 is 2.87 bits per heavy atom. The van der Waals surface area contributed by atoms with E-state index in [2.05, 4.69) is 10.3 Å². The molecule has 30 heavy (non-hydrogen) atoms. The third kappa shape index (κ3) is 5.08. The molecule has 0 bridgehead atoms. The molecule has 3 rings (SSSR count). The summed E-state index contributed by atoms with van der Waals surface area (Å²) in [5.74, 6) is 0.581. The zero-order valence-corrected chi connectivity index (χ0v) is 19.0. The number of hydrogen-bond acceptors (Lipinski definition) is 7. The highest BCUT2D eigenvalue weighted by Gasteiger charge is 2.32. The van der Waals surface area contributed by atoms with Gasteiger partial charge in [0.2, 0.25) is 0 Å². The van der Waals surface area contributed by atoms with Crippen molar-refractivity contribution in [2.75, 3.05) is 31.6 Å². The van der Waals surface area contributed by atoms with E-state index in [0.29, 0.717) is 58.5 Å². The number of pyridine rings is 1. The second-order valence-corrected chi connectivity index (χ2v) is 8.95. The summed E-state index contributed by atoms with van der Waals surface area (Å²) in [4.78, 5) is 32.7. The minimum absolute atomic E-state index is 0.168. The summed E-state index contributed by atoms with van der Waals surface area (Å²) in [7, 11) is 0. The zero-order valence-electron chi connectivity index (χ0n) is 17.4. The van der Waals surface area contributed by atoms with Crippen molar-refractivity contribution in [1.82, 2.24) is 14.3 Å². The largest absolute Gasteiger partial charge is 0.382 e. The summed E-state index contributed by atoms with van der Waals surface area (Å²) in [6, 6.07) is 5.38. The van der Waals surface area contributed by atoms with Crippen molar-refractivity contribution in [3.63, 3.8) is 0 Å². The minimum atomic E-state index is -0.234. The number of carbonyl (C=O) groups is 1. The molecule has 0 atom stereocenters. The Morgan fingerprint density at radius 1 is 1.33 bits per heavy atom. The van der Waals surface area contributed by atoms with Crippen LogP contribution in [0.1, 0.15) is 32.8 Å². The molecule has 0 aliphatic carbocycles. The van der Waals surface area contributed by atoms with Gasteiger partial charge in [-0.05, 0) is 37.5 Å². The highest BCUT2D eigenvalue weighted by Crippen LogP contribution is 2.33. The van der Waals surface area contributed by atoms with Crippen molar-refractivity contribution in [2.45, 2.75) is 27.2 Å². The minimum Gasteiger partial charge on any atom is -0.382 e. The van der Waals surface area contributed by atoms with Gasteiger partial charge in [-0.25, -0.2) is 4.98 Å². The van der Waals surface area contributed by atoms with Crippen LogP contribution in [0.25, 0.3) is 11.7 Å². The Hall–Kier alpha value is -2.23. The van der Waals surface area contributed by atoms with Gasteiger partial charge in [-0.3, -0.25) is 18.9 Å². The van der Waals surface area contributed by atoms with E-state index in [-0.39, 0.29) is 11.5 Å². The Bertz CT molecular complexity index is 1030. The van der Waals surface area contributed by atoms with E-state index in [1.54, 1.807) is 29.3 Å². The van der Waals surface area contributed by atoms with Crippen molar-refractivity contribution in [3.8, 4) is 0 Å². The van der Waals surface area contributed by atoms with Gasteiger partial charge in [-0.15, -0.1) is 0 Å². The third-order valence-corrected chi connectivity index (χ3v) is 5.81. The second-order valence-electron chi connectivity index (χ2n) is 7.27. The molecule has 1 aliphatic rings. The molecule has 9 heteroatoms. The van der Waals surface area contributed by atoms with Crippen LogP contribution < -0.4 is 10.9 Å². The van der Waals surface area contributed by atoms with E-state index < -0.39 is 0 Å². The molecule has 160 valence electrons. The van der Waals surface area contributed by atoms with Crippen molar-refractivity contribution in [3.05, 3.63) is 45.2 Å². The van der Waals surface area contributed by atoms with Crippen LogP contribution in [0.2, 0.25) is 0 Å². The maximum atomic E-state index is 13.2. The lowest BCUT2D eigenvalue weighted by Crippen LogP contribution is -2.31. The first kappa shape index (κ1) is 22.5. The summed E-state index contributed by atoms with van der Waals surface area (Å²) in [5, 5.41) is 3.23. The smallest absolute Gasteiger partial charge is 0.267 e. The predicted molar refractivity (Wildman–Crippen MR) is 126 cm³/mol. The molecule has 1 N–H and O–H groups in total. The van der Waals surface area contributed by atoms with E-state index in [4.69, 9.17) is 17.0 Å². The first-order valence-corrected chi connectivity index (χ1v) is 11.2. The molecule has 3 heterocycles. The summed E-state index contributed by atoms with van der Waals surface area (Å²) >= 11 is 6.60. The lowest BCUT2D eigenvalue weighted by Gasteiger charge is -2.16. The molecule has 0 unspecified atom stereocenters. The first-order valence-electron chi connectivity index (χ1n) is 10.0. The van der Waals surface area contributed by atoms with Crippen LogP contribution in [-0.4, -0.2) is 50.8 Å². The molecular formula is C21H26N4O3S2. The van der Waals surface area contributed by atoms with E-state index in [1.807, 2.05) is 26.8 Å². The van der Waals surface area contributed by atoms with E-state index in [1.165, 1.54) is 16.2 Å². The summed E-state index contributed by atoms with van der Waals surface area (Å²) < 4.78 is 7.36. The highest BCUT2D eigenvalue weighted by atomic mass is 32.2. The van der Waals surface area contributed by atoms with Crippen LogP contribution in [0.4, 0.5) is 5.82 Å². The average Bonchev–Trinajstić information content (AvgIpc) is 2.97. The number of aromatic nitrogens is 2. The summed E-state index contributed by atoms with van der Waals surface area (Å²) in [6.45, 7) is 8.47. The molecule has 0 radical (unpaired) electrons. The Labute approximate surface area is 185 Å². The third-order valence-electron chi connectivity index (χ3n) is 4.43. The zero-order chi connectivity index (χ0) is 21.7. The molecule has 1 saturated heterocycles. The van der Waals surface area contributed by atoms with Gasteiger partial charge in [0.1, 0.15) is 15.8 Å². The van der Waals surface area contributed by atoms with Gasteiger partial charge in [0.05, 0.1) is 10.5 Å². The number of nitrogens with zero attached hydrogens (tertiary/aromatic N) is 3. The molecule has 1 amide bonds. The number of thiocarbonyl (C=S) groups is 1. The van der Waals surface area contributed by atoms with Gasteiger partial charge in [-0.1, -0.05) is 43.9 Å². The molecule has 2 aromatic heterocycles. The summed E-state index contributed by atoms with van der Waals surface area (Å²) in [5.41, 5.74) is 0.654. The van der Waals surface area contributed by atoms with Gasteiger partial charge < -0.3 is 10.1 Å². The quantitative estimate of drug-likeness (QED) is 0.359. The van der Waals surface area contributed by atoms with Crippen LogP contribution in [0.3, 0.4) is 0 Å². The fourth-order valence-electron chi connectivity index (χ4n) is 3.05. The molecule has 1 aliphatic heterocycles. The monoisotopic (exact) mass is 446 g/mol. The molecule has 1 fully saturated rings. The molecule has 2 aromatic rings. The van der Waals surface area contributed by atoms with Gasteiger partial charge in [0.15, 0.2) is 0 Å². The molecular weight excluding hydrogens is 420 g/mol. The number of carbonyl (C=O) groups excluding carboxylic acids is 1. The van der Waals surface area contributed by atoms with Gasteiger partial charge in [-0.2, -0.15) is 0 Å². The maximum absolute atomic E-state index is 13.2. The number of rotatable bonds is 9. The van der Waals surface area contributed by atoms with Crippen molar-refractivity contribution in [1.29, 1.82) is 0 Å². The van der Waals surface area contributed by atoms with Crippen molar-refractivity contribution < 1.29 is 9.53 Å². The topological polar surface area (TPSA) is 75.9 Å². The SMILES string of the molecule is CCOCCCNc1nc2ccccn2c(=O)c1/C=C1\SC(=S)N(CC(C)C)C1=O. The first-order chi connectivity index (χ1) is 14.4. The highest BCUT2D eigenvalue weighted by molar-refractivity contribution is 8.26. The molecule has 0 saturated carbocycles. The second kappa shape index (κ2) is 10.2. The van der Waals surface area contributed by atoms with Crippen molar-refractivity contribution >= 4 is 51.7 Å². The Kier molecular flexibility index (Phi) is 7.63. The number of ether oxygens (including phenoxy) is 1. The Morgan fingerprint density at radius 2 is 2.13 bits per heavy atom. The summed E-state index contributed by atoms with van der Waals surface area (Å²) in [6.07, 6.45) is 4.06. The fraction of sp³-hybridized carbons (Fsp3) is 0.429. The standard InChI is InChI=1S/C21H26N4O3S2/c1-4-28-11-7-9-22-18-15(19(26)24-10-6-5-8-17(24)23-18)12-16-20(27)25(13-14(2)3)21(29)30-16/h5-6,8,10,12,14,22H,4,7,9,11,13H2,1-3H3/b16-12-. The molecule has 7 nitrogen and oxygen atoms in total. The van der Waals surface area contributed by atoms with Crippen molar-refractivity contribution in [2.24, 2.45) is 5.92 Å². The molecule has 0 aromatic carbocycles. The van der Waals surface area contributed by atoms with E-state index >= 15 is 0 Å². The van der Waals surface area contributed by atoms with E-state index in [0.717, 1.165) is 6.42 Å². The molecule has 0 spiro atoms. The number of nitrogens with one attached hydrogen (secondary N) is 1. The number of anilines is 1. The number of hydrogen-bond donors (Lipinski definition) is 1. The van der Waals surface area contributed by atoms with Crippen LogP contribution in [0.15, 0.2) is 34.1 Å². The lowest BCUT2D eigenvalue weighted by molar-refractivity contribution is -0.122. The Balaban J connectivity index is 1.97. The van der Waals surface area contributed by atoms with Gasteiger partial charge >= 0.3 is 0 Å². The maximum Gasteiger partial charge on any atom is 0.267 e. The van der Waals surface area contributed by atoms with E-state index in [9.17, 15) is 9.59 Å². The fourth-order valence-corrected chi connectivity index (χ4v) is 4.30. The number of fused-ring (bicyclic) bond motifs is 1. The van der Waals surface area contributed by atoms with Crippen LogP contribution in [0, 0.1) is 5.92 Å². The van der Waals surface area contributed by atoms with Crippen LogP contribution in [0.5, 0.6) is 0 Å². The van der Waals surface area contributed by atoms with Gasteiger partial charge in [0, 0.05) is 32.5 Å². The van der Waals surface area contributed by atoms with Crippen LogP contribution in [-0.2, 0) is 9.53 Å². The number of amides is 1. The van der Waals surface area contributed by atoms with Gasteiger partial charge in [0.25, 0.3) is 11.5 Å².